The zero-order valence-electron chi connectivity index (χ0n) is 14.6. The normalized spacial score (nSPS) is 11.0. The van der Waals surface area contributed by atoms with Gasteiger partial charge in [0.15, 0.2) is 0 Å². The van der Waals surface area contributed by atoms with Crippen molar-refractivity contribution in [1.29, 1.82) is 0 Å². The summed E-state index contributed by atoms with van der Waals surface area (Å²) in [4.78, 5) is 12.3. The number of amides is 1. The molecule has 0 radical (unpaired) electrons. The molecule has 3 aromatic rings. The summed E-state index contributed by atoms with van der Waals surface area (Å²) in [5.41, 5.74) is 2.05. The van der Waals surface area contributed by atoms with Gasteiger partial charge in [0, 0.05) is 17.8 Å². The van der Waals surface area contributed by atoms with E-state index in [1.54, 1.807) is 24.3 Å². The third-order valence-corrected chi connectivity index (χ3v) is 5.39. The molecule has 0 saturated carbocycles. The van der Waals surface area contributed by atoms with Crippen LogP contribution in [-0.2, 0) is 16.4 Å². The molecule has 0 aliphatic carbocycles. The number of carbonyl (C=O) groups excluding carboxylic acids is 1. The first-order valence-electron chi connectivity index (χ1n) is 8.55. The molecule has 0 saturated heterocycles. The van der Waals surface area contributed by atoms with E-state index >= 15 is 0 Å². The standard InChI is InChI=1S/C21H20N2O3S/c24-21(22-16-15-17-7-3-1-4-8-17)18-11-13-20(14-12-18)27(25,26)23-19-9-5-2-6-10-19/h1-14,23H,15-16H2,(H,22,24). The summed E-state index contributed by atoms with van der Waals surface area (Å²) in [6, 6.07) is 24.4. The van der Waals surface area contributed by atoms with E-state index in [2.05, 4.69) is 10.0 Å². The number of rotatable bonds is 7. The molecule has 138 valence electrons. The zero-order chi connectivity index (χ0) is 19.1. The lowest BCUT2D eigenvalue weighted by molar-refractivity contribution is 0.0954. The highest BCUT2D eigenvalue weighted by atomic mass is 32.2. The molecule has 3 rings (SSSR count). The van der Waals surface area contributed by atoms with Crippen LogP contribution in [0.5, 0.6) is 0 Å². The van der Waals surface area contributed by atoms with E-state index < -0.39 is 10.0 Å². The van der Waals surface area contributed by atoms with Gasteiger partial charge >= 0.3 is 0 Å². The van der Waals surface area contributed by atoms with Gasteiger partial charge in [0.05, 0.1) is 4.90 Å². The van der Waals surface area contributed by atoms with Crippen LogP contribution in [0.3, 0.4) is 0 Å². The molecule has 3 aromatic carbocycles. The van der Waals surface area contributed by atoms with Crippen LogP contribution in [0.4, 0.5) is 5.69 Å². The summed E-state index contributed by atoms with van der Waals surface area (Å²) < 4.78 is 27.3. The van der Waals surface area contributed by atoms with Crippen molar-refractivity contribution in [1.82, 2.24) is 5.32 Å². The second-order valence-electron chi connectivity index (χ2n) is 5.99. The van der Waals surface area contributed by atoms with Gasteiger partial charge in [-0.1, -0.05) is 48.5 Å². The van der Waals surface area contributed by atoms with Crippen molar-refractivity contribution in [3.63, 3.8) is 0 Å². The van der Waals surface area contributed by atoms with Crippen molar-refractivity contribution < 1.29 is 13.2 Å². The Morgan fingerprint density at radius 1 is 0.778 bits per heavy atom. The van der Waals surface area contributed by atoms with Gasteiger partial charge < -0.3 is 5.32 Å². The Bertz CT molecular complexity index is 987. The van der Waals surface area contributed by atoms with E-state index in [9.17, 15) is 13.2 Å². The fourth-order valence-corrected chi connectivity index (χ4v) is 3.63. The number of nitrogens with one attached hydrogen (secondary N) is 2. The molecule has 0 spiro atoms. The smallest absolute Gasteiger partial charge is 0.261 e. The van der Waals surface area contributed by atoms with E-state index in [0.717, 1.165) is 12.0 Å². The molecule has 0 heterocycles. The first-order chi connectivity index (χ1) is 13.0. The minimum absolute atomic E-state index is 0.104. The first-order valence-corrected chi connectivity index (χ1v) is 10.0. The molecule has 0 unspecified atom stereocenters. The maximum Gasteiger partial charge on any atom is 0.261 e. The van der Waals surface area contributed by atoms with Crippen LogP contribution < -0.4 is 10.0 Å². The number of hydrogen-bond donors (Lipinski definition) is 2. The van der Waals surface area contributed by atoms with Gasteiger partial charge in [0.2, 0.25) is 0 Å². The summed E-state index contributed by atoms with van der Waals surface area (Å²) in [5, 5.41) is 2.84. The molecule has 0 atom stereocenters. The second kappa shape index (κ2) is 8.51. The van der Waals surface area contributed by atoms with E-state index in [0.29, 0.717) is 17.8 Å². The molecule has 2 N–H and O–H groups in total. The minimum Gasteiger partial charge on any atom is -0.352 e. The van der Waals surface area contributed by atoms with Crippen LogP contribution in [0, 0.1) is 0 Å². The third-order valence-electron chi connectivity index (χ3n) is 3.99. The maximum atomic E-state index is 12.4. The van der Waals surface area contributed by atoms with Crippen LogP contribution in [0.2, 0.25) is 0 Å². The third kappa shape index (κ3) is 5.18. The summed E-state index contributed by atoms with van der Waals surface area (Å²) in [7, 11) is -3.69. The Kier molecular flexibility index (Phi) is 5.88. The Morgan fingerprint density at radius 3 is 2.00 bits per heavy atom. The summed E-state index contributed by atoms with van der Waals surface area (Å²) in [6.45, 7) is 0.512. The number of benzene rings is 3. The second-order valence-corrected chi connectivity index (χ2v) is 7.67. The van der Waals surface area contributed by atoms with E-state index in [4.69, 9.17) is 0 Å². The van der Waals surface area contributed by atoms with Crippen molar-refractivity contribution in [2.75, 3.05) is 11.3 Å². The summed E-state index contributed by atoms with van der Waals surface area (Å²) in [6.07, 6.45) is 0.736. The van der Waals surface area contributed by atoms with Crippen molar-refractivity contribution in [3.05, 3.63) is 96.1 Å². The molecule has 0 aliphatic heterocycles. The lowest BCUT2D eigenvalue weighted by Crippen LogP contribution is -2.25. The van der Waals surface area contributed by atoms with Gasteiger partial charge in [0.25, 0.3) is 15.9 Å². The van der Waals surface area contributed by atoms with Crippen molar-refractivity contribution >= 4 is 21.6 Å². The zero-order valence-corrected chi connectivity index (χ0v) is 15.4. The number of carbonyl (C=O) groups is 1. The Morgan fingerprint density at radius 2 is 1.37 bits per heavy atom. The van der Waals surface area contributed by atoms with E-state index in [1.807, 2.05) is 36.4 Å². The highest BCUT2D eigenvalue weighted by molar-refractivity contribution is 7.92. The highest BCUT2D eigenvalue weighted by Gasteiger charge is 2.15. The van der Waals surface area contributed by atoms with Crippen LogP contribution in [-0.4, -0.2) is 20.9 Å². The molecule has 0 aromatic heterocycles. The van der Waals surface area contributed by atoms with Gasteiger partial charge in [0.1, 0.15) is 0 Å². The van der Waals surface area contributed by atoms with Crippen LogP contribution in [0.1, 0.15) is 15.9 Å². The molecule has 0 aliphatic rings. The van der Waals surface area contributed by atoms with Crippen LogP contribution in [0.25, 0.3) is 0 Å². The van der Waals surface area contributed by atoms with Gasteiger partial charge in [-0.05, 0) is 48.4 Å². The molecule has 6 heteroatoms. The number of anilines is 1. The molecule has 27 heavy (non-hydrogen) atoms. The average Bonchev–Trinajstić information content (AvgIpc) is 2.69. The molecular weight excluding hydrogens is 360 g/mol. The maximum absolute atomic E-state index is 12.4. The topological polar surface area (TPSA) is 75.3 Å². The number of para-hydroxylation sites is 1. The SMILES string of the molecule is O=C(NCCc1ccccc1)c1ccc(S(=O)(=O)Nc2ccccc2)cc1. The molecule has 5 nitrogen and oxygen atoms in total. The summed E-state index contributed by atoms with van der Waals surface area (Å²) >= 11 is 0. The Hall–Kier alpha value is -3.12. The van der Waals surface area contributed by atoms with Crippen LogP contribution >= 0.6 is 0 Å². The minimum atomic E-state index is -3.69. The average molecular weight is 380 g/mol. The van der Waals surface area contributed by atoms with Gasteiger partial charge in [-0.3, -0.25) is 9.52 Å². The molecule has 0 bridgehead atoms. The Labute approximate surface area is 159 Å². The fraction of sp³-hybridized carbons (Fsp3) is 0.0952. The van der Waals surface area contributed by atoms with Gasteiger partial charge in [-0.25, -0.2) is 8.42 Å². The van der Waals surface area contributed by atoms with Gasteiger partial charge in [-0.15, -0.1) is 0 Å². The lowest BCUT2D eigenvalue weighted by Gasteiger charge is -2.09. The van der Waals surface area contributed by atoms with Gasteiger partial charge in [-0.2, -0.15) is 0 Å². The largest absolute Gasteiger partial charge is 0.352 e. The van der Waals surface area contributed by atoms with Crippen molar-refractivity contribution in [2.24, 2.45) is 0 Å². The predicted octanol–water partition coefficient (Wildman–Crippen LogP) is 3.46. The van der Waals surface area contributed by atoms with Crippen molar-refractivity contribution in [3.8, 4) is 0 Å². The number of sulfonamides is 1. The lowest BCUT2D eigenvalue weighted by atomic mass is 10.1. The monoisotopic (exact) mass is 380 g/mol. The van der Waals surface area contributed by atoms with Crippen LogP contribution in [0.15, 0.2) is 89.8 Å². The highest BCUT2D eigenvalue weighted by Crippen LogP contribution is 2.16. The van der Waals surface area contributed by atoms with E-state index in [1.165, 1.54) is 24.3 Å². The fourth-order valence-electron chi connectivity index (χ4n) is 2.57. The Balaban J connectivity index is 1.60. The predicted molar refractivity (Wildman–Crippen MR) is 106 cm³/mol. The summed E-state index contributed by atoms with van der Waals surface area (Å²) in [5.74, 6) is -0.231. The molecular formula is C21H20N2O3S. The molecule has 1 amide bonds. The number of hydrogen-bond acceptors (Lipinski definition) is 3. The van der Waals surface area contributed by atoms with Crippen molar-refractivity contribution in [2.45, 2.75) is 11.3 Å². The quantitative estimate of drug-likeness (QED) is 0.659. The molecule has 0 fully saturated rings. The van der Waals surface area contributed by atoms with E-state index in [-0.39, 0.29) is 10.8 Å². The first kappa shape index (κ1) is 18.7.